The van der Waals surface area contributed by atoms with E-state index in [9.17, 15) is 28.1 Å². The van der Waals surface area contributed by atoms with Crippen LogP contribution in [0.1, 0.15) is 22.4 Å². The Morgan fingerprint density at radius 3 is 2.77 bits per heavy atom. The molecule has 3 aromatic rings. The minimum Gasteiger partial charge on any atom is -0.302 e. The number of benzene rings is 1. The minimum absolute atomic E-state index is 0.00715. The molecule has 0 unspecified atom stereocenters. The van der Waals surface area contributed by atoms with Crippen LogP contribution in [0.4, 0.5) is 24.0 Å². The van der Waals surface area contributed by atoms with Crippen molar-refractivity contribution in [2.75, 3.05) is 5.32 Å². The topological polar surface area (TPSA) is 103 Å². The molecule has 3 rings (SSSR count). The molecule has 0 saturated carbocycles. The van der Waals surface area contributed by atoms with Gasteiger partial charge in [0.05, 0.1) is 10.5 Å². The zero-order valence-corrected chi connectivity index (χ0v) is 16.6. The fraction of sp³-hybridized carbons (Fsp3) is 0.235. The number of amides is 1. The number of hydrogen-bond acceptors (Lipinski definition) is 6. The highest BCUT2D eigenvalue weighted by Crippen LogP contribution is 2.33. The molecule has 1 N–H and O–H groups in total. The zero-order valence-electron chi connectivity index (χ0n) is 15.0. The summed E-state index contributed by atoms with van der Waals surface area (Å²) in [6, 6.07) is 3.10. The summed E-state index contributed by atoms with van der Waals surface area (Å²) in [4.78, 5) is 26.7. The molecule has 2 aromatic heterocycles. The van der Waals surface area contributed by atoms with Gasteiger partial charge in [0.1, 0.15) is 12.4 Å². The van der Waals surface area contributed by atoms with Gasteiger partial charge in [0.25, 0.3) is 0 Å². The van der Waals surface area contributed by atoms with Gasteiger partial charge in [0.15, 0.2) is 5.13 Å². The van der Waals surface area contributed by atoms with E-state index in [1.165, 1.54) is 23.1 Å². The molecule has 2 heterocycles. The molecule has 8 nitrogen and oxygen atoms in total. The zero-order chi connectivity index (χ0) is 21.9. The number of carbonyl (C=O) groups excluding carboxylic acids is 1. The first-order chi connectivity index (χ1) is 14.1. The number of thiazole rings is 1. The van der Waals surface area contributed by atoms with Crippen molar-refractivity contribution in [1.82, 2.24) is 14.8 Å². The summed E-state index contributed by atoms with van der Waals surface area (Å²) in [6.07, 6.45) is -0.577. The molecule has 30 heavy (non-hydrogen) atoms. The number of alkyl halides is 3. The van der Waals surface area contributed by atoms with Crippen LogP contribution in [0.15, 0.2) is 36.8 Å². The maximum atomic E-state index is 12.9. The van der Waals surface area contributed by atoms with E-state index in [-0.39, 0.29) is 41.1 Å². The van der Waals surface area contributed by atoms with Crippen LogP contribution in [0.5, 0.6) is 0 Å². The number of rotatable bonds is 7. The third-order valence-corrected chi connectivity index (χ3v) is 5.22. The van der Waals surface area contributed by atoms with Crippen LogP contribution in [0.25, 0.3) is 0 Å². The number of anilines is 1. The SMILES string of the molecule is O=C(CCn1cc([N+](=O)[O-])cn1)Nc1ncc(Cc2cc(C(F)(F)F)ccc2Cl)s1. The Hall–Kier alpha value is -2.99. The smallest absolute Gasteiger partial charge is 0.302 e. The molecule has 158 valence electrons. The standard InChI is InChI=1S/C17H13ClF3N5O3S/c18-14-2-1-11(17(19,20)21)5-10(14)6-13-8-22-16(30-13)24-15(27)3-4-25-9-12(7-23-25)26(28)29/h1-2,5,7-9H,3-4,6H2,(H,22,24,27). The molecule has 1 aromatic carbocycles. The Morgan fingerprint density at radius 1 is 1.33 bits per heavy atom. The number of carbonyl (C=O) groups is 1. The quantitative estimate of drug-likeness (QED) is 0.412. The molecular weight excluding hydrogens is 447 g/mol. The normalized spacial score (nSPS) is 11.5. The number of hydrogen-bond donors (Lipinski definition) is 1. The molecule has 13 heteroatoms. The van der Waals surface area contributed by atoms with E-state index in [0.29, 0.717) is 10.4 Å². The van der Waals surface area contributed by atoms with Gasteiger partial charge in [-0.3, -0.25) is 19.6 Å². The number of nitrogens with zero attached hydrogens (tertiary/aromatic N) is 4. The van der Waals surface area contributed by atoms with E-state index in [1.54, 1.807) is 0 Å². The summed E-state index contributed by atoms with van der Waals surface area (Å²) in [6.45, 7) is 0.137. The number of aryl methyl sites for hydroxylation is 1. The molecule has 0 radical (unpaired) electrons. The lowest BCUT2D eigenvalue weighted by Gasteiger charge is -2.09. The van der Waals surface area contributed by atoms with Crippen LogP contribution in [-0.4, -0.2) is 25.6 Å². The molecule has 0 saturated heterocycles. The summed E-state index contributed by atoms with van der Waals surface area (Å²) >= 11 is 7.12. The summed E-state index contributed by atoms with van der Waals surface area (Å²) in [5.41, 5.74) is -0.666. The van der Waals surface area contributed by atoms with Gasteiger partial charge in [-0.25, -0.2) is 4.98 Å². The highest BCUT2D eigenvalue weighted by atomic mass is 35.5. The summed E-state index contributed by atoms with van der Waals surface area (Å²) in [5.74, 6) is -0.383. The maximum absolute atomic E-state index is 12.9. The third-order valence-electron chi connectivity index (χ3n) is 3.94. The Morgan fingerprint density at radius 2 is 2.10 bits per heavy atom. The lowest BCUT2D eigenvalue weighted by molar-refractivity contribution is -0.385. The second-order valence-electron chi connectivity index (χ2n) is 6.13. The van der Waals surface area contributed by atoms with Crippen molar-refractivity contribution in [2.24, 2.45) is 0 Å². The number of aromatic nitrogens is 3. The van der Waals surface area contributed by atoms with E-state index >= 15 is 0 Å². The number of nitro groups is 1. The second kappa shape index (κ2) is 8.79. The van der Waals surface area contributed by atoms with Crippen molar-refractivity contribution >= 4 is 39.7 Å². The van der Waals surface area contributed by atoms with Crippen LogP contribution in [-0.2, 0) is 23.9 Å². The van der Waals surface area contributed by atoms with E-state index in [4.69, 9.17) is 11.6 Å². The molecule has 0 aliphatic heterocycles. The van der Waals surface area contributed by atoms with Gasteiger partial charge in [0.2, 0.25) is 5.91 Å². The molecule has 0 fully saturated rings. The molecule has 0 aliphatic rings. The number of nitrogens with one attached hydrogen (secondary N) is 1. The van der Waals surface area contributed by atoms with Gasteiger partial charge < -0.3 is 5.32 Å². The van der Waals surface area contributed by atoms with Crippen LogP contribution in [0.2, 0.25) is 5.02 Å². The van der Waals surface area contributed by atoms with Crippen LogP contribution < -0.4 is 5.32 Å². The Bertz CT molecular complexity index is 1080. The summed E-state index contributed by atoms with van der Waals surface area (Å²) < 4.78 is 39.9. The number of halogens is 4. The fourth-order valence-corrected chi connectivity index (χ4v) is 3.52. The Balaban J connectivity index is 1.58. The van der Waals surface area contributed by atoms with E-state index < -0.39 is 16.7 Å². The van der Waals surface area contributed by atoms with Crippen molar-refractivity contribution in [2.45, 2.75) is 25.6 Å². The monoisotopic (exact) mass is 459 g/mol. The average Bonchev–Trinajstić information content (AvgIpc) is 3.30. The summed E-state index contributed by atoms with van der Waals surface area (Å²) in [7, 11) is 0. The van der Waals surface area contributed by atoms with Gasteiger partial charge in [-0.2, -0.15) is 18.3 Å². The maximum Gasteiger partial charge on any atom is 0.416 e. The van der Waals surface area contributed by atoms with E-state index in [2.05, 4.69) is 15.4 Å². The van der Waals surface area contributed by atoms with Crippen LogP contribution in [0, 0.1) is 10.1 Å². The highest BCUT2D eigenvalue weighted by molar-refractivity contribution is 7.15. The first-order valence-electron chi connectivity index (χ1n) is 8.39. The van der Waals surface area contributed by atoms with Crippen molar-refractivity contribution < 1.29 is 22.9 Å². The van der Waals surface area contributed by atoms with Gasteiger partial charge in [-0.05, 0) is 23.8 Å². The van der Waals surface area contributed by atoms with Crippen molar-refractivity contribution in [3.8, 4) is 0 Å². The molecule has 0 spiro atoms. The molecule has 0 aliphatic carbocycles. The van der Waals surface area contributed by atoms with E-state index in [1.807, 2.05) is 0 Å². The molecule has 1 amide bonds. The van der Waals surface area contributed by atoms with Crippen molar-refractivity contribution in [3.05, 3.63) is 67.9 Å². The lowest BCUT2D eigenvalue weighted by atomic mass is 10.1. The minimum atomic E-state index is -4.47. The first-order valence-corrected chi connectivity index (χ1v) is 9.58. The van der Waals surface area contributed by atoms with Gasteiger partial charge in [0, 0.05) is 35.5 Å². The second-order valence-corrected chi connectivity index (χ2v) is 7.65. The van der Waals surface area contributed by atoms with Gasteiger partial charge in [-0.15, -0.1) is 11.3 Å². The van der Waals surface area contributed by atoms with Crippen molar-refractivity contribution in [3.63, 3.8) is 0 Å². The van der Waals surface area contributed by atoms with Crippen LogP contribution >= 0.6 is 22.9 Å². The largest absolute Gasteiger partial charge is 0.416 e. The highest BCUT2D eigenvalue weighted by Gasteiger charge is 2.31. The molecule has 0 atom stereocenters. The lowest BCUT2D eigenvalue weighted by Crippen LogP contribution is -2.14. The first kappa shape index (κ1) is 21.7. The Labute approximate surface area is 176 Å². The summed E-state index contributed by atoms with van der Waals surface area (Å²) in [5, 5.41) is 17.5. The van der Waals surface area contributed by atoms with Gasteiger partial charge >= 0.3 is 11.9 Å². The fourth-order valence-electron chi connectivity index (χ4n) is 2.49. The predicted octanol–water partition coefficient (Wildman–Crippen LogP) is 4.54. The third kappa shape index (κ3) is 5.54. The predicted molar refractivity (Wildman–Crippen MR) is 104 cm³/mol. The van der Waals surface area contributed by atoms with Crippen LogP contribution in [0.3, 0.4) is 0 Å². The van der Waals surface area contributed by atoms with E-state index in [0.717, 1.165) is 29.7 Å². The van der Waals surface area contributed by atoms with Gasteiger partial charge in [-0.1, -0.05) is 11.6 Å². The Kier molecular flexibility index (Phi) is 6.37. The van der Waals surface area contributed by atoms with Crippen molar-refractivity contribution in [1.29, 1.82) is 0 Å². The molecule has 0 bridgehead atoms. The average molecular weight is 460 g/mol. The molecular formula is C17H13ClF3N5O3S.